The van der Waals surface area contributed by atoms with Gasteiger partial charge in [0.25, 0.3) is 5.91 Å². The fourth-order valence-electron chi connectivity index (χ4n) is 1.81. The molecule has 2 heterocycles. The van der Waals surface area contributed by atoms with Crippen molar-refractivity contribution in [2.45, 2.75) is 18.6 Å². The molecule has 1 aromatic rings. The molecular weight excluding hydrogens is 214 g/mol. The number of amides is 1. The van der Waals surface area contributed by atoms with Gasteiger partial charge < -0.3 is 15.1 Å². The number of rotatable bonds is 2. The van der Waals surface area contributed by atoms with E-state index in [2.05, 4.69) is 10.2 Å². The Kier molecular flexibility index (Phi) is 2.61. The quantitative estimate of drug-likeness (QED) is 0.602. The molecule has 0 aromatic carbocycles. The molecule has 1 amide bonds. The van der Waals surface area contributed by atoms with Crippen LogP contribution in [-0.4, -0.2) is 55.9 Å². The molecule has 0 unspecified atom stereocenters. The van der Waals surface area contributed by atoms with Crippen LogP contribution in [0.25, 0.3) is 0 Å². The summed E-state index contributed by atoms with van der Waals surface area (Å²) >= 11 is 0. The maximum Gasteiger partial charge on any atom is 0.326 e. The van der Waals surface area contributed by atoms with Crippen molar-refractivity contribution in [3.8, 4) is 0 Å². The van der Waals surface area contributed by atoms with Crippen LogP contribution in [0.15, 0.2) is 12.4 Å². The number of aliphatic hydroxyl groups excluding tert-OH is 1. The summed E-state index contributed by atoms with van der Waals surface area (Å²) in [6.07, 6.45) is 2.01. The number of carboxylic acid groups (broad SMARTS) is 1. The van der Waals surface area contributed by atoms with Crippen LogP contribution in [-0.2, 0) is 4.79 Å². The summed E-state index contributed by atoms with van der Waals surface area (Å²) in [6.45, 7) is 0.0426. The van der Waals surface area contributed by atoms with Gasteiger partial charge in [-0.3, -0.25) is 9.89 Å². The van der Waals surface area contributed by atoms with E-state index in [-0.39, 0.29) is 13.0 Å². The Balaban J connectivity index is 2.20. The van der Waals surface area contributed by atoms with Crippen molar-refractivity contribution in [2.24, 2.45) is 0 Å². The van der Waals surface area contributed by atoms with E-state index in [0.29, 0.717) is 5.56 Å². The SMILES string of the molecule is O=C(O)[C@@H]1C[C@H](O)CN1C(=O)c1cn[nH]c1. The van der Waals surface area contributed by atoms with Gasteiger partial charge in [0.2, 0.25) is 0 Å². The first-order chi connectivity index (χ1) is 7.59. The van der Waals surface area contributed by atoms with E-state index in [9.17, 15) is 14.7 Å². The van der Waals surface area contributed by atoms with E-state index < -0.39 is 24.0 Å². The van der Waals surface area contributed by atoms with Crippen molar-refractivity contribution in [3.63, 3.8) is 0 Å². The normalized spacial score (nSPS) is 24.7. The number of nitrogens with one attached hydrogen (secondary N) is 1. The van der Waals surface area contributed by atoms with Crippen LogP contribution in [0.2, 0.25) is 0 Å². The van der Waals surface area contributed by atoms with Gasteiger partial charge in [-0.2, -0.15) is 5.10 Å². The fraction of sp³-hybridized carbons (Fsp3) is 0.444. The molecule has 2 rings (SSSR count). The average Bonchev–Trinajstić information content (AvgIpc) is 2.84. The van der Waals surface area contributed by atoms with Gasteiger partial charge in [0.05, 0.1) is 17.9 Å². The molecule has 3 N–H and O–H groups in total. The number of likely N-dealkylation sites (tertiary alicyclic amines) is 1. The summed E-state index contributed by atoms with van der Waals surface area (Å²) in [6, 6.07) is -0.961. The molecule has 0 spiro atoms. The third-order valence-corrected chi connectivity index (χ3v) is 2.57. The molecular formula is C9H11N3O4. The second-order valence-electron chi connectivity index (χ2n) is 3.69. The molecule has 7 nitrogen and oxygen atoms in total. The summed E-state index contributed by atoms with van der Waals surface area (Å²) in [4.78, 5) is 23.9. The summed E-state index contributed by atoms with van der Waals surface area (Å²) in [7, 11) is 0. The highest BCUT2D eigenvalue weighted by molar-refractivity contribution is 5.96. The fourth-order valence-corrected chi connectivity index (χ4v) is 1.81. The van der Waals surface area contributed by atoms with Crippen molar-refractivity contribution < 1.29 is 19.8 Å². The van der Waals surface area contributed by atoms with Crippen molar-refractivity contribution in [1.29, 1.82) is 0 Å². The first-order valence-electron chi connectivity index (χ1n) is 4.80. The van der Waals surface area contributed by atoms with Gasteiger partial charge >= 0.3 is 5.97 Å². The molecule has 0 saturated carbocycles. The highest BCUT2D eigenvalue weighted by Crippen LogP contribution is 2.20. The van der Waals surface area contributed by atoms with E-state index in [0.717, 1.165) is 4.90 Å². The van der Waals surface area contributed by atoms with E-state index in [1.165, 1.54) is 12.4 Å². The number of carbonyl (C=O) groups excluding carboxylic acids is 1. The number of carboxylic acids is 1. The molecule has 0 bridgehead atoms. The van der Waals surface area contributed by atoms with Crippen LogP contribution in [0, 0.1) is 0 Å². The number of β-amino-alcohol motifs (C(OH)–C–C–N with tert-alkyl or cyclic N) is 1. The minimum Gasteiger partial charge on any atom is -0.480 e. The minimum atomic E-state index is -1.10. The monoisotopic (exact) mass is 225 g/mol. The molecule has 1 saturated heterocycles. The number of H-pyrrole nitrogens is 1. The van der Waals surface area contributed by atoms with E-state index in [1.807, 2.05) is 0 Å². The zero-order valence-corrected chi connectivity index (χ0v) is 8.33. The van der Waals surface area contributed by atoms with Crippen molar-refractivity contribution in [1.82, 2.24) is 15.1 Å². The predicted molar refractivity (Wildman–Crippen MR) is 51.7 cm³/mol. The topological polar surface area (TPSA) is 107 Å². The minimum absolute atomic E-state index is 0.0426. The van der Waals surface area contributed by atoms with Crippen LogP contribution in [0.4, 0.5) is 0 Å². The van der Waals surface area contributed by atoms with Gasteiger partial charge in [-0.25, -0.2) is 4.79 Å². The Labute approximate surface area is 90.7 Å². The zero-order valence-electron chi connectivity index (χ0n) is 8.33. The smallest absolute Gasteiger partial charge is 0.326 e. The van der Waals surface area contributed by atoms with Gasteiger partial charge in [-0.05, 0) is 0 Å². The van der Waals surface area contributed by atoms with Gasteiger partial charge in [0, 0.05) is 19.2 Å². The Morgan fingerprint density at radius 3 is 2.88 bits per heavy atom. The Hall–Kier alpha value is -1.89. The molecule has 0 aliphatic carbocycles. The average molecular weight is 225 g/mol. The summed E-state index contributed by atoms with van der Waals surface area (Å²) in [5, 5.41) is 24.4. The van der Waals surface area contributed by atoms with Gasteiger partial charge in [0.15, 0.2) is 0 Å². The lowest BCUT2D eigenvalue weighted by molar-refractivity contribution is -0.141. The highest BCUT2D eigenvalue weighted by atomic mass is 16.4. The second-order valence-corrected chi connectivity index (χ2v) is 3.69. The maximum atomic E-state index is 11.9. The van der Waals surface area contributed by atoms with Crippen LogP contribution < -0.4 is 0 Å². The molecule has 16 heavy (non-hydrogen) atoms. The van der Waals surface area contributed by atoms with E-state index in [4.69, 9.17) is 5.11 Å². The van der Waals surface area contributed by atoms with Crippen LogP contribution in [0.5, 0.6) is 0 Å². The first kappa shape index (κ1) is 10.6. The lowest BCUT2D eigenvalue weighted by Crippen LogP contribution is -2.40. The lowest BCUT2D eigenvalue weighted by Gasteiger charge is -2.20. The van der Waals surface area contributed by atoms with Gasteiger partial charge in [-0.1, -0.05) is 0 Å². The second kappa shape index (κ2) is 3.93. The standard InChI is InChI=1S/C9H11N3O4/c13-6-1-7(9(15)16)12(4-6)8(14)5-2-10-11-3-5/h2-3,6-7,13H,1,4H2,(H,10,11)(H,15,16)/t6-,7-/m0/s1. The third-order valence-electron chi connectivity index (χ3n) is 2.57. The molecule has 1 aromatic heterocycles. The molecule has 7 heteroatoms. The Morgan fingerprint density at radius 2 is 2.31 bits per heavy atom. The summed E-state index contributed by atoms with van der Waals surface area (Å²) < 4.78 is 0. The number of hydrogen-bond donors (Lipinski definition) is 3. The summed E-state index contributed by atoms with van der Waals surface area (Å²) in [5.74, 6) is -1.54. The molecule has 2 atom stereocenters. The predicted octanol–water partition coefficient (Wildman–Crippen LogP) is -0.930. The maximum absolute atomic E-state index is 11.9. The van der Waals surface area contributed by atoms with Crippen molar-refractivity contribution in [2.75, 3.05) is 6.54 Å². The molecule has 1 fully saturated rings. The van der Waals surface area contributed by atoms with Crippen LogP contribution in [0.3, 0.4) is 0 Å². The van der Waals surface area contributed by atoms with E-state index in [1.54, 1.807) is 0 Å². The number of hydrogen-bond acceptors (Lipinski definition) is 4. The summed E-state index contributed by atoms with van der Waals surface area (Å²) in [5.41, 5.74) is 0.292. The Morgan fingerprint density at radius 1 is 1.56 bits per heavy atom. The molecule has 1 aliphatic heterocycles. The lowest BCUT2D eigenvalue weighted by atomic mass is 10.2. The molecule has 1 aliphatic rings. The third kappa shape index (κ3) is 1.76. The number of aromatic amines is 1. The van der Waals surface area contributed by atoms with Crippen LogP contribution in [0.1, 0.15) is 16.8 Å². The largest absolute Gasteiger partial charge is 0.480 e. The van der Waals surface area contributed by atoms with E-state index >= 15 is 0 Å². The van der Waals surface area contributed by atoms with Gasteiger partial charge in [-0.15, -0.1) is 0 Å². The number of aliphatic carboxylic acids is 1. The zero-order chi connectivity index (χ0) is 11.7. The number of aromatic nitrogens is 2. The highest BCUT2D eigenvalue weighted by Gasteiger charge is 2.39. The molecule has 0 radical (unpaired) electrons. The van der Waals surface area contributed by atoms with Crippen molar-refractivity contribution >= 4 is 11.9 Å². The van der Waals surface area contributed by atoms with Crippen molar-refractivity contribution in [3.05, 3.63) is 18.0 Å². The number of aliphatic hydroxyl groups is 1. The van der Waals surface area contributed by atoms with Gasteiger partial charge in [0.1, 0.15) is 6.04 Å². The number of carbonyl (C=O) groups is 2. The first-order valence-corrected chi connectivity index (χ1v) is 4.80. The van der Waals surface area contributed by atoms with Crippen LogP contribution >= 0.6 is 0 Å². The molecule has 86 valence electrons. The number of nitrogens with zero attached hydrogens (tertiary/aromatic N) is 2. The Bertz CT molecular complexity index is 403.